The Hall–Kier alpha value is -1.64. The third-order valence-electron chi connectivity index (χ3n) is 2.57. The van der Waals surface area contributed by atoms with E-state index < -0.39 is 34.4 Å². The van der Waals surface area contributed by atoms with Crippen LogP contribution >= 0.6 is 11.6 Å². The molecule has 1 aromatic rings. The van der Waals surface area contributed by atoms with Crippen molar-refractivity contribution < 1.29 is 27.9 Å². The summed E-state index contributed by atoms with van der Waals surface area (Å²) in [5, 5.41) is 11.2. The minimum absolute atomic E-state index is 0.0119. The van der Waals surface area contributed by atoms with Crippen LogP contribution in [0.3, 0.4) is 0 Å². The first-order chi connectivity index (χ1) is 9.70. The number of esters is 1. The van der Waals surface area contributed by atoms with E-state index in [1.165, 1.54) is 12.1 Å². The van der Waals surface area contributed by atoms with Crippen LogP contribution in [0.25, 0.3) is 0 Å². The summed E-state index contributed by atoms with van der Waals surface area (Å²) in [6, 6.07) is 2.43. The molecule has 0 saturated heterocycles. The summed E-state index contributed by atoms with van der Waals surface area (Å²) in [5.41, 5.74) is -0.0119. The van der Waals surface area contributed by atoms with Gasteiger partial charge in [-0.1, -0.05) is 11.6 Å². The highest BCUT2D eigenvalue weighted by Gasteiger charge is 2.22. The fourth-order valence-electron chi connectivity index (χ4n) is 1.49. The molecule has 0 radical (unpaired) electrons. The number of aliphatic hydroxyl groups excluding tert-OH is 1. The van der Waals surface area contributed by atoms with E-state index in [1.807, 2.05) is 0 Å². The van der Waals surface area contributed by atoms with Gasteiger partial charge in [0.05, 0.1) is 23.6 Å². The fraction of sp³-hybridized carbons (Fsp3) is 0.333. The molecule has 9 heteroatoms. The molecule has 0 aliphatic heterocycles. The SMILES string of the molecule is COC(=O)C(CO)NC(=O)c1ccc(Cl)c(S(C)(=O)=O)c1. The van der Waals surface area contributed by atoms with Crippen molar-refractivity contribution in [1.29, 1.82) is 0 Å². The topological polar surface area (TPSA) is 110 Å². The van der Waals surface area contributed by atoms with Gasteiger partial charge >= 0.3 is 5.97 Å². The summed E-state index contributed by atoms with van der Waals surface area (Å²) >= 11 is 5.77. The predicted molar refractivity (Wildman–Crippen MR) is 74.9 cm³/mol. The quantitative estimate of drug-likeness (QED) is 0.733. The number of methoxy groups -OCH3 is 1. The number of hydrogen-bond acceptors (Lipinski definition) is 6. The van der Waals surface area contributed by atoms with Crippen molar-refractivity contribution in [3.63, 3.8) is 0 Å². The number of rotatable bonds is 5. The number of ether oxygens (including phenoxy) is 1. The van der Waals surface area contributed by atoms with Crippen LogP contribution in [0.4, 0.5) is 0 Å². The Balaban J connectivity index is 3.06. The van der Waals surface area contributed by atoms with Crippen LogP contribution in [-0.4, -0.2) is 51.4 Å². The van der Waals surface area contributed by atoms with Crippen molar-refractivity contribution in [2.24, 2.45) is 0 Å². The van der Waals surface area contributed by atoms with Crippen molar-refractivity contribution >= 4 is 33.3 Å². The Morgan fingerprint density at radius 1 is 1.43 bits per heavy atom. The highest BCUT2D eigenvalue weighted by atomic mass is 35.5. The molecule has 1 rings (SSSR count). The van der Waals surface area contributed by atoms with Gasteiger partial charge in [0, 0.05) is 11.8 Å². The molecule has 7 nitrogen and oxygen atoms in total. The van der Waals surface area contributed by atoms with E-state index in [0.29, 0.717) is 0 Å². The van der Waals surface area contributed by atoms with E-state index in [-0.39, 0.29) is 15.5 Å². The fourth-order valence-corrected chi connectivity index (χ4v) is 2.79. The molecule has 0 aliphatic rings. The maximum atomic E-state index is 12.0. The summed E-state index contributed by atoms with van der Waals surface area (Å²) in [6.07, 6.45) is 0.959. The lowest BCUT2D eigenvalue weighted by atomic mass is 10.2. The summed E-state index contributed by atoms with van der Waals surface area (Å²) in [4.78, 5) is 23.0. The van der Waals surface area contributed by atoms with Crippen molar-refractivity contribution in [3.8, 4) is 0 Å². The summed E-state index contributed by atoms with van der Waals surface area (Å²) in [6.45, 7) is -0.648. The van der Waals surface area contributed by atoms with Gasteiger partial charge in [0.15, 0.2) is 15.9 Å². The van der Waals surface area contributed by atoms with E-state index in [1.54, 1.807) is 0 Å². The first-order valence-corrected chi connectivity index (χ1v) is 7.96. The summed E-state index contributed by atoms with van der Waals surface area (Å²) in [7, 11) is -2.49. The lowest BCUT2D eigenvalue weighted by molar-refractivity contribution is -0.143. The Kier molecular flexibility index (Phi) is 5.70. The zero-order valence-corrected chi connectivity index (χ0v) is 12.9. The van der Waals surface area contributed by atoms with Crippen molar-refractivity contribution in [1.82, 2.24) is 5.32 Å². The molecule has 1 atom stereocenters. The van der Waals surface area contributed by atoms with Gasteiger partial charge in [-0.3, -0.25) is 4.79 Å². The smallest absolute Gasteiger partial charge is 0.330 e. The zero-order chi connectivity index (χ0) is 16.2. The minimum atomic E-state index is -3.60. The number of sulfone groups is 1. The number of amides is 1. The molecule has 0 saturated carbocycles. The van der Waals surface area contributed by atoms with E-state index in [4.69, 9.17) is 16.7 Å². The molecule has 116 valence electrons. The molecule has 1 amide bonds. The second-order valence-corrected chi connectivity index (χ2v) is 6.54. The molecule has 0 heterocycles. The molecule has 2 N–H and O–H groups in total. The molecule has 0 fully saturated rings. The highest BCUT2D eigenvalue weighted by Crippen LogP contribution is 2.22. The number of benzene rings is 1. The van der Waals surface area contributed by atoms with Gasteiger partial charge in [0.25, 0.3) is 5.91 Å². The number of halogens is 1. The number of hydrogen-bond donors (Lipinski definition) is 2. The lowest BCUT2D eigenvalue weighted by Gasteiger charge is -2.14. The monoisotopic (exact) mass is 335 g/mol. The van der Waals surface area contributed by atoms with Crippen molar-refractivity contribution in [2.75, 3.05) is 20.0 Å². The van der Waals surface area contributed by atoms with Gasteiger partial charge in [-0.25, -0.2) is 13.2 Å². The van der Waals surface area contributed by atoms with Gasteiger partial charge in [0.2, 0.25) is 0 Å². The van der Waals surface area contributed by atoms with Crippen LogP contribution in [0.1, 0.15) is 10.4 Å². The first kappa shape index (κ1) is 17.4. The van der Waals surface area contributed by atoms with E-state index in [2.05, 4.69) is 10.1 Å². The highest BCUT2D eigenvalue weighted by molar-refractivity contribution is 7.90. The normalized spacial score (nSPS) is 12.6. The lowest BCUT2D eigenvalue weighted by Crippen LogP contribution is -2.44. The van der Waals surface area contributed by atoms with Crippen LogP contribution in [-0.2, 0) is 19.4 Å². The van der Waals surface area contributed by atoms with Crippen LogP contribution in [0.2, 0.25) is 5.02 Å². The van der Waals surface area contributed by atoms with Gasteiger partial charge in [-0.15, -0.1) is 0 Å². The molecule has 1 unspecified atom stereocenters. The van der Waals surface area contributed by atoms with E-state index in [0.717, 1.165) is 19.4 Å². The number of carbonyl (C=O) groups is 2. The van der Waals surface area contributed by atoms with Crippen LogP contribution in [0.5, 0.6) is 0 Å². The Morgan fingerprint density at radius 2 is 2.05 bits per heavy atom. The standard InChI is InChI=1S/C12H14ClNO6S/c1-20-12(17)9(6-15)14-11(16)7-3-4-8(13)10(5-7)21(2,18)19/h3-5,9,15H,6H2,1-2H3,(H,14,16). The minimum Gasteiger partial charge on any atom is -0.467 e. The molecule has 21 heavy (non-hydrogen) atoms. The average Bonchev–Trinajstić information content (AvgIpc) is 2.42. The third kappa shape index (κ3) is 4.42. The molecular formula is C12H14ClNO6S. The summed E-state index contributed by atoms with van der Waals surface area (Å²) in [5.74, 6) is -1.55. The van der Waals surface area contributed by atoms with E-state index in [9.17, 15) is 18.0 Å². The van der Waals surface area contributed by atoms with Crippen LogP contribution < -0.4 is 5.32 Å². The number of aliphatic hydroxyl groups is 1. The first-order valence-electron chi connectivity index (χ1n) is 5.70. The zero-order valence-electron chi connectivity index (χ0n) is 11.3. The maximum absolute atomic E-state index is 12.0. The van der Waals surface area contributed by atoms with Gasteiger partial charge in [0.1, 0.15) is 0 Å². The van der Waals surface area contributed by atoms with Crippen LogP contribution in [0, 0.1) is 0 Å². The average molecular weight is 336 g/mol. The number of carbonyl (C=O) groups excluding carboxylic acids is 2. The Morgan fingerprint density at radius 3 is 2.52 bits per heavy atom. The Bertz CT molecular complexity index is 658. The van der Waals surface area contributed by atoms with Crippen molar-refractivity contribution in [2.45, 2.75) is 10.9 Å². The summed E-state index contributed by atoms with van der Waals surface area (Å²) < 4.78 is 27.5. The van der Waals surface area contributed by atoms with E-state index >= 15 is 0 Å². The molecule has 1 aromatic carbocycles. The van der Waals surface area contributed by atoms with Crippen molar-refractivity contribution in [3.05, 3.63) is 28.8 Å². The second-order valence-electron chi connectivity index (χ2n) is 4.15. The molecule has 0 aliphatic carbocycles. The Labute approximate surface area is 126 Å². The molecule has 0 spiro atoms. The van der Waals surface area contributed by atoms with Gasteiger partial charge < -0.3 is 15.2 Å². The van der Waals surface area contributed by atoms with Crippen LogP contribution in [0.15, 0.2) is 23.1 Å². The number of nitrogens with one attached hydrogen (secondary N) is 1. The molecule has 0 bridgehead atoms. The van der Waals surface area contributed by atoms with Gasteiger partial charge in [-0.2, -0.15) is 0 Å². The largest absolute Gasteiger partial charge is 0.467 e. The third-order valence-corrected chi connectivity index (χ3v) is 4.14. The maximum Gasteiger partial charge on any atom is 0.330 e. The second kappa shape index (κ2) is 6.88. The predicted octanol–water partition coefficient (Wildman–Crippen LogP) is 0.00720. The molecule has 0 aromatic heterocycles. The molecular weight excluding hydrogens is 322 g/mol. The van der Waals surface area contributed by atoms with Gasteiger partial charge in [-0.05, 0) is 18.2 Å².